The normalized spacial score (nSPS) is 20.5. The summed E-state index contributed by atoms with van der Waals surface area (Å²) >= 11 is 0. The average Bonchev–Trinajstić information content (AvgIpc) is 2.64. The van der Waals surface area contributed by atoms with Gasteiger partial charge >= 0.3 is 0 Å². The third kappa shape index (κ3) is 3.41. The Bertz CT molecular complexity index is 417. The van der Waals surface area contributed by atoms with E-state index in [4.69, 9.17) is 4.74 Å². The molecule has 0 saturated carbocycles. The molecule has 3 nitrogen and oxygen atoms in total. The van der Waals surface area contributed by atoms with Crippen LogP contribution in [0.15, 0.2) is 18.2 Å². The fourth-order valence-corrected chi connectivity index (χ4v) is 2.73. The molecule has 1 N–H and O–H groups in total. The van der Waals surface area contributed by atoms with Crippen LogP contribution in [-0.2, 0) is 0 Å². The molecule has 0 spiro atoms. The molecule has 1 aliphatic heterocycles. The zero-order valence-electron chi connectivity index (χ0n) is 12.6. The summed E-state index contributed by atoms with van der Waals surface area (Å²) < 4.78 is 5.29. The molecule has 1 aromatic rings. The van der Waals surface area contributed by atoms with Gasteiger partial charge in [0.1, 0.15) is 5.75 Å². The predicted molar refractivity (Wildman–Crippen MR) is 81.2 cm³/mol. The highest BCUT2D eigenvalue weighted by Crippen LogP contribution is 2.26. The summed E-state index contributed by atoms with van der Waals surface area (Å²) in [6.07, 6.45) is 1.20. The molecule has 1 atom stereocenters. The van der Waals surface area contributed by atoms with Gasteiger partial charge in [0, 0.05) is 24.8 Å². The number of benzene rings is 1. The van der Waals surface area contributed by atoms with Crippen molar-refractivity contribution in [1.29, 1.82) is 0 Å². The molecule has 3 heteroatoms. The number of methoxy groups -OCH3 is 1. The summed E-state index contributed by atoms with van der Waals surface area (Å²) in [4.78, 5) is 2.51. The monoisotopic (exact) mass is 262 g/mol. The Kier molecular flexibility index (Phi) is 4.70. The quantitative estimate of drug-likeness (QED) is 0.906. The van der Waals surface area contributed by atoms with Crippen molar-refractivity contribution in [2.24, 2.45) is 5.92 Å². The van der Waals surface area contributed by atoms with Gasteiger partial charge in [-0.05, 0) is 49.6 Å². The lowest BCUT2D eigenvalue weighted by Crippen LogP contribution is -2.41. The van der Waals surface area contributed by atoms with Crippen molar-refractivity contribution in [1.82, 2.24) is 5.32 Å². The molecule has 0 aromatic heterocycles. The van der Waals surface area contributed by atoms with E-state index in [9.17, 15) is 0 Å². The number of anilines is 1. The lowest BCUT2D eigenvalue weighted by atomic mass is 10.0. The smallest absolute Gasteiger partial charge is 0.119 e. The van der Waals surface area contributed by atoms with E-state index >= 15 is 0 Å². The highest BCUT2D eigenvalue weighted by atomic mass is 16.5. The van der Waals surface area contributed by atoms with Crippen LogP contribution >= 0.6 is 0 Å². The topological polar surface area (TPSA) is 24.5 Å². The van der Waals surface area contributed by atoms with E-state index in [1.165, 1.54) is 17.7 Å². The van der Waals surface area contributed by atoms with Crippen molar-refractivity contribution < 1.29 is 4.74 Å². The fraction of sp³-hybridized carbons (Fsp3) is 0.625. The molecule has 0 radical (unpaired) electrons. The molecule has 1 aromatic carbocycles. The minimum absolute atomic E-state index is 0.573. The molecule has 1 unspecified atom stereocenters. The number of nitrogens with zero attached hydrogens (tertiary/aromatic N) is 1. The summed E-state index contributed by atoms with van der Waals surface area (Å²) in [6, 6.07) is 6.95. The van der Waals surface area contributed by atoms with Crippen LogP contribution in [0, 0.1) is 12.8 Å². The van der Waals surface area contributed by atoms with Crippen LogP contribution < -0.4 is 15.0 Å². The Labute approximate surface area is 116 Å². The SMILES string of the molecule is COc1ccc(N2CCCNC(C(C)C)C2)c(C)c1. The lowest BCUT2D eigenvalue weighted by Gasteiger charge is -2.29. The number of rotatable bonds is 3. The molecule has 1 aliphatic rings. The van der Waals surface area contributed by atoms with Crippen molar-refractivity contribution in [2.75, 3.05) is 31.6 Å². The van der Waals surface area contributed by atoms with Gasteiger partial charge in [-0.15, -0.1) is 0 Å². The summed E-state index contributed by atoms with van der Waals surface area (Å²) in [7, 11) is 1.72. The van der Waals surface area contributed by atoms with E-state index in [1.54, 1.807) is 7.11 Å². The number of nitrogens with one attached hydrogen (secondary N) is 1. The van der Waals surface area contributed by atoms with E-state index in [2.05, 4.69) is 49.2 Å². The molecule has 1 fully saturated rings. The summed E-state index contributed by atoms with van der Waals surface area (Å²) in [5.74, 6) is 1.61. The molecule has 106 valence electrons. The van der Waals surface area contributed by atoms with Crippen LogP contribution in [-0.4, -0.2) is 32.8 Å². The molecule has 1 saturated heterocycles. The maximum atomic E-state index is 5.29. The standard InChI is InChI=1S/C16H26N2O/c1-12(2)15-11-18(9-5-8-17-15)16-7-6-14(19-4)10-13(16)3/h6-7,10,12,15,17H,5,8-9,11H2,1-4H3. The number of aryl methyl sites for hydroxylation is 1. The summed E-state index contributed by atoms with van der Waals surface area (Å²) in [5, 5.41) is 3.66. The van der Waals surface area contributed by atoms with Gasteiger partial charge in [-0.3, -0.25) is 0 Å². The molecule has 2 rings (SSSR count). The number of hydrogen-bond acceptors (Lipinski definition) is 3. The predicted octanol–water partition coefficient (Wildman–Crippen LogP) is 2.83. The van der Waals surface area contributed by atoms with E-state index in [-0.39, 0.29) is 0 Å². The highest BCUT2D eigenvalue weighted by molar-refractivity contribution is 5.56. The Morgan fingerprint density at radius 1 is 1.37 bits per heavy atom. The van der Waals surface area contributed by atoms with Gasteiger partial charge in [-0.2, -0.15) is 0 Å². The molecule has 1 heterocycles. The molecule has 19 heavy (non-hydrogen) atoms. The van der Waals surface area contributed by atoms with Gasteiger partial charge < -0.3 is 15.0 Å². The molecular weight excluding hydrogens is 236 g/mol. The van der Waals surface area contributed by atoms with Crippen LogP contribution in [0.5, 0.6) is 5.75 Å². The molecular formula is C16H26N2O. The Morgan fingerprint density at radius 3 is 2.79 bits per heavy atom. The van der Waals surface area contributed by atoms with Crippen LogP contribution in [0.1, 0.15) is 25.8 Å². The lowest BCUT2D eigenvalue weighted by molar-refractivity contribution is 0.414. The second kappa shape index (κ2) is 6.29. The fourth-order valence-electron chi connectivity index (χ4n) is 2.73. The van der Waals surface area contributed by atoms with Crippen molar-refractivity contribution in [2.45, 2.75) is 33.2 Å². The van der Waals surface area contributed by atoms with Crippen LogP contribution in [0.25, 0.3) is 0 Å². The maximum absolute atomic E-state index is 5.29. The molecule has 0 bridgehead atoms. The molecule has 0 aliphatic carbocycles. The van der Waals surface area contributed by atoms with Crippen LogP contribution in [0.4, 0.5) is 5.69 Å². The second-order valence-electron chi connectivity index (χ2n) is 5.76. The third-order valence-corrected chi connectivity index (χ3v) is 3.98. The average molecular weight is 262 g/mol. The van der Waals surface area contributed by atoms with Crippen LogP contribution in [0.2, 0.25) is 0 Å². The van der Waals surface area contributed by atoms with Crippen molar-refractivity contribution in [3.05, 3.63) is 23.8 Å². The van der Waals surface area contributed by atoms with Gasteiger partial charge in [-0.1, -0.05) is 13.8 Å². The van der Waals surface area contributed by atoms with Gasteiger partial charge in [0.15, 0.2) is 0 Å². The minimum atomic E-state index is 0.573. The third-order valence-electron chi connectivity index (χ3n) is 3.98. The number of ether oxygens (including phenoxy) is 1. The van der Waals surface area contributed by atoms with Crippen molar-refractivity contribution >= 4 is 5.69 Å². The second-order valence-corrected chi connectivity index (χ2v) is 5.76. The van der Waals surface area contributed by atoms with Gasteiger partial charge in [0.2, 0.25) is 0 Å². The zero-order chi connectivity index (χ0) is 13.8. The first-order chi connectivity index (χ1) is 9.11. The number of hydrogen-bond donors (Lipinski definition) is 1. The Morgan fingerprint density at radius 2 is 2.16 bits per heavy atom. The largest absolute Gasteiger partial charge is 0.497 e. The maximum Gasteiger partial charge on any atom is 0.119 e. The van der Waals surface area contributed by atoms with Crippen molar-refractivity contribution in [3.8, 4) is 5.75 Å². The van der Waals surface area contributed by atoms with Gasteiger partial charge in [-0.25, -0.2) is 0 Å². The van der Waals surface area contributed by atoms with Gasteiger partial charge in [0.25, 0.3) is 0 Å². The van der Waals surface area contributed by atoms with Crippen LogP contribution in [0.3, 0.4) is 0 Å². The first-order valence-corrected chi connectivity index (χ1v) is 7.24. The zero-order valence-corrected chi connectivity index (χ0v) is 12.6. The highest BCUT2D eigenvalue weighted by Gasteiger charge is 2.21. The first kappa shape index (κ1) is 14.2. The Hall–Kier alpha value is -1.22. The minimum Gasteiger partial charge on any atom is -0.497 e. The molecule has 0 amide bonds. The van der Waals surface area contributed by atoms with E-state index < -0.39 is 0 Å². The summed E-state index contributed by atoms with van der Waals surface area (Å²) in [6.45, 7) is 10.1. The van der Waals surface area contributed by atoms with Gasteiger partial charge in [0.05, 0.1) is 7.11 Å². The Balaban J connectivity index is 2.19. The summed E-state index contributed by atoms with van der Waals surface area (Å²) in [5.41, 5.74) is 2.64. The van der Waals surface area contributed by atoms with E-state index in [0.29, 0.717) is 12.0 Å². The first-order valence-electron chi connectivity index (χ1n) is 7.24. The van der Waals surface area contributed by atoms with E-state index in [0.717, 1.165) is 25.4 Å². The van der Waals surface area contributed by atoms with E-state index in [1.807, 2.05) is 0 Å². The van der Waals surface area contributed by atoms with Crippen molar-refractivity contribution in [3.63, 3.8) is 0 Å².